The molecule has 0 spiro atoms. The summed E-state index contributed by atoms with van der Waals surface area (Å²) in [7, 11) is 0. The summed E-state index contributed by atoms with van der Waals surface area (Å²) < 4.78 is 38.7. The van der Waals surface area contributed by atoms with Crippen LogP contribution in [0.15, 0.2) is 0 Å². The molecular formula is C18H30F3N3O4. The number of aliphatic hydroxyl groups is 1. The number of carbonyl (C=O) groups excluding carboxylic acids is 3. The first-order chi connectivity index (χ1) is 12.8. The molecule has 0 aliphatic carbocycles. The fourth-order valence-electron chi connectivity index (χ4n) is 3.29. The molecule has 0 aromatic rings. The summed E-state index contributed by atoms with van der Waals surface area (Å²) in [5, 5.41) is 14.4. The Balaban J connectivity index is 2.96. The highest BCUT2D eigenvalue weighted by Gasteiger charge is 2.46. The summed E-state index contributed by atoms with van der Waals surface area (Å²) >= 11 is 0. The predicted octanol–water partition coefficient (Wildman–Crippen LogP) is 1.20. The molecule has 1 heterocycles. The zero-order valence-corrected chi connectivity index (χ0v) is 16.8. The minimum Gasteiger partial charge on any atom is -0.382 e. The molecule has 0 aromatic heterocycles. The Kier molecular flexibility index (Phi) is 8.28. The van der Waals surface area contributed by atoms with Crippen molar-refractivity contribution in [3.8, 4) is 0 Å². The number of alkyl halides is 3. The van der Waals surface area contributed by atoms with Crippen molar-refractivity contribution in [3.05, 3.63) is 0 Å². The molecule has 3 amide bonds. The Labute approximate surface area is 163 Å². The number of rotatable bonds is 7. The van der Waals surface area contributed by atoms with Crippen LogP contribution < -0.4 is 10.6 Å². The van der Waals surface area contributed by atoms with E-state index in [0.717, 1.165) is 0 Å². The fourth-order valence-corrected chi connectivity index (χ4v) is 3.29. The van der Waals surface area contributed by atoms with Gasteiger partial charge in [-0.25, -0.2) is 0 Å². The Morgan fingerprint density at radius 3 is 2.07 bits per heavy atom. The van der Waals surface area contributed by atoms with Gasteiger partial charge < -0.3 is 20.6 Å². The number of nitrogens with one attached hydrogen (secondary N) is 2. The first kappa shape index (κ1) is 24.2. The van der Waals surface area contributed by atoms with Gasteiger partial charge in [-0.2, -0.15) is 13.2 Å². The van der Waals surface area contributed by atoms with Crippen LogP contribution in [0.1, 0.15) is 47.5 Å². The Morgan fingerprint density at radius 1 is 1.07 bits per heavy atom. The highest BCUT2D eigenvalue weighted by Crippen LogP contribution is 2.26. The van der Waals surface area contributed by atoms with Gasteiger partial charge in [0.15, 0.2) is 6.10 Å². The van der Waals surface area contributed by atoms with Gasteiger partial charge in [-0.3, -0.25) is 14.4 Å². The van der Waals surface area contributed by atoms with Crippen LogP contribution in [0.4, 0.5) is 13.2 Å². The molecule has 1 aliphatic rings. The second-order valence-corrected chi connectivity index (χ2v) is 7.88. The number of halogens is 3. The molecule has 1 saturated heterocycles. The topological polar surface area (TPSA) is 98.7 Å². The minimum atomic E-state index is -4.87. The lowest BCUT2D eigenvalue weighted by atomic mass is 9.97. The maximum atomic E-state index is 12.9. The molecule has 162 valence electrons. The number of hydrogen-bond donors (Lipinski definition) is 3. The quantitative estimate of drug-likeness (QED) is 0.589. The van der Waals surface area contributed by atoms with E-state index in [-0.39, 0.29) is 18.4 Å². The van der Waals surface area contributed by atoms with Crippen LogP contribution in [0.3, 0.4) is 0 Å². The summed E-state index contributed by atoms with van der Waals surface area (Å²) in [6.07, 6.45) is -6.76. The summed E-state index contributed by atoms with van der Waals surface area (Å²) in [6, 6.07) is -3.29. The van der Waals surface area contributed by atoms with Crippen molar-refractivity contribution in [2.24, 2.45) is 11.8 Å². The predicted molar refractivity (Wildman–Crippen MR) is 96.0 cm³/mol. The standard InChI is InChI=1S/C18H30F3N3O4/c1-9(2)13(15(26)18(19,20)21)23-16(27)12-7-6-8-24(12)17(28)14(10(3)4)22-11(5)25/h9-10,12-15,26H,6-8H2,1-5H3,(H,22,25)(H,23,27). The number of hydrogen-bond acceptors (Lipinski definition) is 4. The molecule has 0 radical (unpaired) electrons. The van der Waals surface area contributed by atoms with E-state index in [4.69, 9.17) is 0 Å². The largest absolute Gasteiger partial charge is 0.416 e. The van der Waals surface area contributed by atoms with Gasteiger partial charge in [0.05, 0.1) is 6.04 Å². The molecule has 28 heavy (non-hydrogen) atoms. The van der Waals surface area contributed by atoms with E-state index in [1.54, 1.807) is 13.8 Å². The molecule has 0 aromatic carbocycles. The Morgan fingerprint density at radius 2 is 1.64 bits per heavy atom. The van der Waals surface area contributed by atoms with Crippen molar-refractivity contribution in [2.75, 3.05) is 6.54 Å². The smallest absolute Gasteiger partial charge is 0.382 e. The number of amides is 3. The Hall–Kier alpha value is -1.84. The lowest BCUT2D eigenvalue weighted by molar-refractivity contribution is -0.215. The number of nitrogens with zero attached hydrogens (tertiary/aromatic N) is 1. The minimum absolute atomic E-state index is 0.226. The molecule has 1 rings (SSSR count). The van der Waals surface area contributed by atoms with Crippen LogP contribution >= 0.6 is 0 Å². The zero-order chi connectivity index (χ0) is 21.8. The van der Waals surface area contributed by atoms with Gasteiger partial charge in [0.25, 0.3) is 0 Å². The molecule has 7 nitrogen and oxygen atoms in total. The third kappa shape index (κ3) is 6.08. The number of carbonyl (C=O) groups is 3. The molecule has 0 saturated carbocycles. The zero-order valence-electron chi connectivity index (χ0n) is 16.8. The summed E-state index contributed by atoms with van der Waals surface area (Å²) in [4.78, 5) is 38.2. The van der Waals surface area contributed by atoms with Crippen molar-refractivity contribution in [2.45, 2.75) is 77.9 Å². The molecule has 4 unspecified atom stereocenters. The summed E-state index contributed by atoms with van der Waals surface area (Å²) in [6.45, 7) is 7.97. The van der Waals surface area contributed by atoms with Gasteiger partial charge in [0.2, 0.25) is 17.7 Å². The van der Waals surface area contributed by atoms with Crippen LogP contribution in [0.2, 0.25) is 0 Å². The first-order valence-electron chi connectivity index (χ1n) is 9.40. The molecule has 4 atom stereocenters. The third-order valence-electron chi connectivity index (χ3n) is 4.83. The molecule has 1 fully saturated rings. The maximum Gasteiger partial charge on any atom is 0.416 e. The summed E-state index contributed by atoms with van der Waals surface area (Å²) in [5.74, 6) is -2.47. The average Bonchev–Trinajstić information content (AvgIpc) is 3.04. The van der Waals surface area contributed by atoms with Crippen molar-refractivity contribution < 1.29 is 32.7 Å². The van der Waals surface area contributed by atoms with E-state index in [9.17, 15) is 32.7 Å². The summed E-state index contributed by atoms with van der Waals surface area (Å²) in [5.41, 5.74) is 0. The monoisotopic (exact) mass is 409 g/mol. The first-order valence-corrected chi connectivity index (χ1v) is 9.40. The molecule has 10 heteroatoms. The van der Waals surface area contributed by atoms with E-state index in [2.05, 4.69) is 10.6 Å². The van der Waals surface area contributed by atoms with Crippen molar-refractivity contribution >= 4 is 17.7 Å². The van der Waals surface area contributed by atoms with Crippen LogP contribution in [-0.4, -0.2) is 64.7 Å². The SMILES string of the molecule is CC(=O)NC(C(=O)N1CCCC1C(=O)NC(C(C)C)C(O)C(F)(F)F)C(C)C. The van der Waals surface area contributed by atoms with Crippen LogP contribution in [0.25, 0.3) is 0 Å². The van der Waals surface area contributed by atoms with Gasteiger partial charge >= 0.3 is 6.18 Å². The van der Waals surface area contributed by atoms with E-state index >= 15 is 0 Å². The second-order valence-electron chi connectivity index (χ2n) is 7.88. The van der Waals surface area contributed by atoms with E-state index in [0.29, 0.717) is 12.8 Å². The van der Waals surface area contributed by atoms with Crippen LogP contribution in [0.5, 0.6) is 0 Å². The normalized spacial score (nSPS) is 20.8. The van der Waals surface area contributed by atoms with Crippen molar-refractivity contribution in [1.29, 1.82) is 0 Å². The molecular weight excluding hydrogens is 379 g/mol. The second kappa shape index (κ2) is 9.58. The van der Waals surface area contributed by atoms with Gasteiger partial charge in [0, 0.05) is 13.5 Å². The number of likely N-dealkylation sites (tertiary alicyclic amines) is 1. The van der Waals surface area contributed by atoms with E-state index < -0.39 is 48.1 Å². The fraction of sp³-hybridized carbons (Fsp3) is 0.833. The van der Waals surface area contributed by atoms with Crippen molar-refractivity contribution in [3.63, 3.8) is 0 Å². The lowest BCUT2D eigenvalue weighted by Crippen LogP contribution is -2.59. The lowest BCUT2D eigenvalue weighted by Gasteiger charge is -2.33. The average molecular weight is 409 g/mol. The van der Waals surface area contributed by atoms with E-state index in [1.807, 2.05) is 0 Å². The number of aliphatic hydroxyl groups excluding tert-OH is 1. The highest BCUT2D eigenvalue weighted by molar-refractivity contribution is 5.92. The van der Waals surface area contributed by atoms with Gasteiger partial charge in [-0.15, -0.1) is 0 Å². The molecule has 0 bridgehead atoms. The van der Waals surface area contributed by atoms with Crippen LogP contribution in [-0.2, 0) is 14.4 Å². The highest BCUT2D eigenvalue weighted by atomic mass is 19.4. The van der Waals surface area contributed by atoms with Gasteiger partial charge in [-0.05, 0) is 24.7 Å². The van der Waals surface area contributed by atoms with Crippen LogP contribution in [0, 0.1) is 11.8 Å². The maximum absolute atomic E-state index is 12.9. The van der Waals surface area contributed by atoms with Gasteiger partial charge in [0.1, 0.15) is 12.1 Å². The van der Waals surface area contributed by atoms with E-state index in [1.165, 1.54) is 25.7 Å². The Bertz CT molecular complexity index is 581. The molecule has 3 N–H and O–H groups in total. The van der Waals surface area contributed by atoms with Crippen molar-refractivity contribution in [1.82, 2.24) is 15.5 Å². The molecule has 1 aliphatic heterocycles. The van der Waals surface area contributed by atoms with Gasteiger partial charge in [-0.1, -0.05) is 27.7 Å². The third-order valence-corrected chi connectivity index (χ3v) is 4.83.